The maximum absolute atomic E-state index is 13.1. The van der Waals surface area contributed by atoms with E-state index in [9.17, 15) is 9.59 Å². The fourth-order valence-electron chi connectivity index (χ4n) is 3.45. The first-order chi connectivity index (χ1) is 15.2. The SMILES string of the molecule is CCOc1ccccc1C(=O)N1CCCC1C(=O)NNc1nc(-c2ccncc2)no1. The zero-order chi connectivity index (χ0) is 21.6. The third-order valence-corrected chi connectivity index (χ3v) is 4.89. The molecule has 1 atom stereocenters. The quantitative estimate of drug-likeness (QED) is 0.556. The van der Waals surface area contributed by atoms with Gasteiger partial charge >= 0.3 is 6.01 Å². The Morgan fingerprint density at radius 3 is 2.84 bits per heavy atom. The first-order valence-electron chi connectivity index (χ1n) is 10.00. The van der Waals surface area contributed by atoms with Crippen LogP contribution in [0.5, 0.6) is 5.75 Å². The van der Waals surface area contributed by atoms with Crippen molar-refractivity contribution in [2.75, 3.05) is 18.6 Å². The van der Waals surface area contributed by atoms with Crippen molar-refractivity contribution < 1.29 is 18.8 Å². The molecule has 10 nitrogen and oxygen atoms in total. The van der Waals surface area contributed by atoms with Crippen LogP contribution in [0.1, 0.15) is 30.1 Å². The van der Waals surface area contributed by atoms with Gasteiger partial charge in [0.15, 0.2) is 0 Å². The molecule has 0 aliphatic carbocycles. The minimum absolute atomic E-state index is 0.0396. The van der Waals surface area contributed by atoms with Gasteiger partial charge in [-0.2, -0.15) is 4.98 Å². The molecule has 0 bridgehead atoms. The maximum atomic E-state index is 13.1. The number of anilines is 1. The summed E-state index contributed by atoms with van der Waals surface area (Å²) in [5.41, 5.74) is 6.36. The van der Waals surface area contributed by atoms with Gasteiger partial charge in [-0.25, -0.2) is 5.43 Å². The lowest BCUT2D eigenvalue weighted by molar-refractivity contribution is -0.124. The standard InChI is InChI=1S/C21H22N6O4/c1-2-30-17-8-4-3-6-15(17)20(29)27-13-5-7-16(27)19(28)24-25-21-23-18(26-31-21)14-9-11-22-12-10-14/h3-4,6,8-12,16H,2,5,7,13H2,1H3,(H,24,28)(H,23,25,26). The highest BCUT2D eigenvalue weighted by atomic mass is 16.5. The number of para-hydroxylation sites is 1. The van der Waals surface area contributed by atoms with Gasteiger partial charge in [-0.05, 0) is 44.0 Å². The van der Waals surface area contributed by atoms with E-state index in [1.807, 2.05) is 13.0 Å². The Morgan fingerprint density at radius 1 is 1.23 bits per heavy atom. The Kier molecular flexibility index (Phi) is 6.06. The van der Waals surface area contributed by atoms with Crippen LogP contribution < -0.4 is 15.6 Å². The van der Waals surface area contributed by atoms with E-state index in [-0.39, 0.29) is 17.8 Å². The summed E-state index contributed by atoms with van der Waals surface area (Å²) < 4.78 is 10.7. The number of carbonyl (C=O) groups excluding carboxylic acids is 2. The monoisotopic (exact) mass is 422 g/mol. The summed E-state index contributed by atoms with van der Waals surface area (Å²) in [4.78, 5) is 35.5. The number of nitrogens with one attached hydrogen (secondary N) is 2. The zero-order valence-electron chi connectivity index (χ0n) is 16.9. The molecule has 0 radical (unpaired) electrons. The minimum Gasteiger partial charge on any atom is -0.493 e. The van der Waals surface area contributed by atoms with Gasteiger partial charge in [-0.1, -0.05) is 17.3 Å². The number of likely N-dealkylation sites (tertiary alicyclic amines) is 1. The summed E-state index contributed by atoms with van der Waals surface area (Å²) in [6, 6.07) is 9.96. The number of rotatable bonds is 7. The second-order valence-corrected chi connectivity index (χ2v) is 6.86. The molecule has 10 heteroatoms. The molecule has 1 aromatic carbocycles. The second-order valence-electron chi connectivity index (χ2n) is 6.86. The molecule has 2 N–H and O–H groups in total. The van der Waals surface area contributed by atoms with Gasteiger partial charge in [-0.15, -0.1) is 0 Å². The molecule has 2 amide bonds. The Balaban J connectivity index is 1.41. The molecule has 1 aliphatic rings. The molecular weight excluding hydrogens is 400 g/mol. The first-order valence-corrected chi connectivity index (χ1v) is 10.00. The Bertz CT molecular complexity index is 1050. The van der Waals surface area contributed by atoms with E-state index in [0.717, 1.165) is 12.0 Å². The fourth-order valence-corrected chi connectivity index (χ4v) is 3.45. The van der Waals surface area contributed by atoms with Crippen molar-refractivity contribution in [2.24, 2.45) is 0 Å². The van der Waals surface area contributed by atoms with Crippen LogP contribution in [0.3, 0.4) is 0 Å². The maximum Gasteiger partial charge on any atom is 0.340 e. The average Bonchev–Trinajstić information content (AvgIpc) is 3.48. The molecule has 1 aliphatic heterocycles. The molecule has 1 unspecified atom stereocenters. The van der Waals surface area contributed by atoms with Crippen LogP contribution in [-0.2, 0) is 4.79 Å². The number of hydrogen-bond acceptors (Lipinski definition) is 8. The number of benzene rings is 1. The van der Waals surface area contributed by atoms with E-state index in [4.69, 9.17) is 9.26 Å². The Morgan fingerprint density at radius 2 is 2.03 bits per heavy atom. The number of aromatic nitrogens is 3. The van der Waals surface area contributed by atoms with E-state index >= 15 is 0 Å². The zero-order valence-corrected chi connectivity index (χ0v) is 16.9. The summed E-state index contributed by atoms with van der Waals surface area (Å²) in [5.74, 6) is 0.279. The van der Waals surface area contributed by atoms with E-state index in [2.05, 4.69) is 26.0 Å². The number of hydrogen-bond donors (Lipinski definition) is 2. The summed E-state index contributed by atoms with van der Waals surface area (Å²) in [6.07, 6.45) is 4.53. The van der Waals surface area contributed by atoms with Crippen LogP contribution >= 0.6 is 0 Å². The largest absolute Gasteiger partial charge is 0.493 e. The van der Waals surface area contributed by atoms with E-state index in [1.165, 1.54) is 0 Å². The van der Waals surface area contributed by atoms with E-state index in [0.29, 0.717) is 36.7 Å². The van der Waals surface area contributed by atoms with Gasteiger partial charge in [0.2, 0.25) is 5.82 Å². The molecule has 1 fully saturated rings. The smallest absolute Gasteiger partial charge is 0.340 e. The normalized spacial score (nSPS) is 15.5. The Labute approximate surface area is 178 Å². The van der Waals surface area contributed by atoms with Crippen molar-refractivity contribution in [1.82, 2.24) is 25.5 Å². The summed E-state index contributed by atoms with van der Waals surface area (Å²) >= 11 is 0. The van der Waals surface area contributed by atoms with Crippen molar-refractivity contribution >= 4 is 17.8 Å². The molecule has 1 saturated heterocycles. The highest BCUT2D eigenvalue weighted by Gasteiger charge is 2.35. The van der Waals surface area contributed by atoms with Gasteiger partial charge in [-0.3, -0.25) is 20.0 Å². The van der Waals surface area contributed by atoms with Crippen molar-refractivity contribution in [2.45, 2.75) is 25.8 Å². The van der Waals surface area contributed by atoms with Crippen molar-refractivity contribution in [3.8, 4) is 17.1 Å². The molecule has 4 rings (SSSR count). The molecule has 2 aromatic heterocycles. The molecule has 3 aromatic rings. The topological polar surface area (TPSA) is 122 Å². The summed E-state index contributed by atoms with van der Waals surface area (Å²) in [6.45, 7) is 2.80. The van der Waals surface area contributed by atoms with Crippen LogP contribution in [0.4, 0.5) is 6.01 Å². The second kappa shape index (κ2) is 9.24. The van der Waals surface area contributed by atoms with Crippen molar-refractivity contribution in [3.05, 3.63) is 54.4 Å². The number of amides is 2. The predicted octanol–water partition coefficient (Wildman–Crippen LogP) is 2.28. The molecular formula is C21H22N6O4. The number of pyridine rings is 1. The molecule has 160 valence electrons. The van der Waals surface area contributed by atoms with Crippen molar-refractivity contribution in [1.29, 1.82) is 0 Å². The lowest BCUT2D eigenvalue weighted by Crippen LogP contribution is -2.47. The minimum atomic E-state index is -0.614. The van der Waals surface area contributed by atoms with Gasteiger partial charge in [0.25, 0.3) is 11.8 Å². The lowest BCUT2D eigenvalue weighted by Gasteiger charge is -2.24. The van der Waals surface area contributed by atoms with Gasteiger partial charge in [0.05, 0.1) is 12.2 Å². The number of carbonyl (C=O) groups is 2. The highest BCUT2D eigenvalue weighted by molar-refractivity contribution is 6.00. The summed E-state index contributed by atoms with van der Waals surface area (Å²) in [7, 11) is 0. The first kappa shape index (κ1) is 20.3. The predicted molar refractivity (Wildman–Crippen MR) is 111 cm³/mol. The number of nitrogens with zero attached hydrogens (tertiary/aromatic N) is 4. The molecule has 3 heterocycles. The van der Waals surface area contributed by atoms with Gasteiger partial charge < -0.3 is 14.2 Å². The average molecular weight is 422 g/mol. The number of hydrazine groups is 1. The number of ether oxygens (including phenoxy) is 1. The fraction of sp³-hybridized carbons (Fsp3) is 0.286. The molecule has 0 saturated carbocycles. The van der Waals surface area contributed by atoms with Crippen LogP contribution in [0.2, 0.25) is 0 Å². The van der Waals surface area contributed by atoms with Gasteiger partial charge in [0, 0.05) is 24.5 Å². The van der Waals surface area contributed by atoms with E-state index in [1.54, 1.807) is 47.6 Å². The highest BCUT2D eigenvalue weighted by Crippen LogP contribution is 2.25. The lowest BCUT2D eigenvalue weighted by atomic mass is 10.1. The van der Waals surface area contributed by atoms with Crippen LogP contribution in [0.25, 0.3) is 11.4 Å². The summed E-state index contributed by atoms with van der Waals surface area (Å²) in [5, 5.41) is 3.87. The molecule has 31 heavy (non-hydrogen) atoms. The third kappa shape index (κ3) is 4.47. The van der Waals surface area contributed by atoms with E-state index < -0.39 is 6.04 Å². The van der Waals surface area contributed by atoms with Crippen LogP contribution in [0, 0.1) is 0 Å². The molecule has 0 spiro atoms. The van der Waals surface area contributed by atoms with Crippen LogP contribution in [-0.4, -0.2) is 51.0 Å². The van der Waals surface area contributed by atoms with Crippen molar-refractivity contribution in [3.63, 3.8) is 0 Å². The third-order valence-electron chi connectivity index (χ3n) is 4.89. The Hall–Kier alpha value is -3.95. The van der Waals surface area contributed by atoms with Crippen LogP contribution in [0.15, 0.2) is 53.3 Å². The van der Waals surface area contributed by atoms with Gasteiger partial charge in [0.1, 0.15) is 11.8 Å².